The van der Waals surface area contributed by atoms with Gasteiger partial charge in [0.25, 0.3) is 0 Å². The van der Waals surface area contributed by atoms with Gasteiger partial charge in [-0.25, -0.2) is 14.1 Å². The van der Waals surface area contributed by atoms with Gasteiger partial charge in [0.1, 0.15) is 11.5 Å². The average molecular weight is 397 g/mol. The van der Waals surface area contributed by atoms with Crippen LogP contribution in [0.25, 0.3) is 11.3 Å². The largest absolute Gasteiger partial charge is 0.350 e. The third-order valence-corrected chi connectivity index (χ3v) is 4.97. The minimum Gasteiger partial charge on any atom is -0.350 e. The number of fused-ring (bicyclic) bond motifs is 1. The Bertz CT molecular complexity index is 1110. The third-order valence-electron chi connectivity index (χ3n) is 4.42. The Kier molecular flexibility index (Phi) is 4.99. The molecule has 3 aromatic heterocycles. The summed E-state index contributed by atoms with van der Waals surface area (Å²) in [5.41, 5.74) is 3.02. The van der Waals surface area contributed by atoms with Gasteiger partial charge >= 0.3 is 0 Å². The first-order chi connectivity index (χ1) is 13.6. The Labute approximate surface area is 166 Å². The van der Waals surface area contributed by atoms with Crippen LogP contribution in [0.15, 0.2) is 48.0 Å². The molecule has 28 heavy (non-hydrogen) atoms. The molecule has 0 atom stereocenters. The number of rotatable bonds is 6. The van der Waals surface area contributed by atoms with Crippen LogP contribution in [0.2, 0.25) is 0 Å². The number of halogens is 1. The summed E-state index contributed by atoms with van der Waals surface area (Å²) in [6, 6.07) is 6.74. The maximum atomic E-state index is 14.5. The highest BCUT2D eigenvalue weighted by Gasteiger charge is 2.16. The molecule has 9 heteroatoms. The topological polar surface area (TPSA) is 72.9 Å². The quantitative estimate of drug-likeness (QED) is 0.498. The van der Waals surface area contributed by atoms with Crippen LogP contribution < -0.4 is 5.32 Å². The van der Waals surface area contributed by atoms with Crippen LogP contribution in [0.4, 0.5) is 10.3 Å². The molecule has 0 aliphatic carbocycles. The monoisotopic (exact) mass is 397 g/mol. The number of para-hydroxylation sites is 1. The highest BCUT2D eigenvalue weighted by molar-refractivity contribution is 7.98. The highest BCUT2D eigenvalue weighted by atomic mass is 32.2. The molecule has 4 rings (SSSR count). The Morgan fingerprint density at radius 1 is 1.18 bits per heavy atom. The molecular formula is C19H20FN7S. The number of nitrogens with zero attached hydrogens (tertiary/aromatic N) is 6. The lowest BCUT2D eigenvalue weighted by Crippen LogP contribution is -2.12. The lowest BCUT2D eigenvalue weighted by Gasteiger charge is -2.13. The van der Waals surface area contributed by atoms with E-state index in [1.165, 1.54) is 22.5 Å². The summed E-state index contributed by atoms with van der Waals surface area (Å²) in [5, 5.41) is 12.6. The SMILES string of the molecule is CSc1nc(NCc2cccc(F)c2-n2cccn2)n2ncc(C(C)C)c2n1. The van der Waals surface area contributed by atoms with E-state index >= 15 is 0 Å². The minimum absolute atomic E-state index is 0.296. The zero-order valence-electron chi connectivity index (χ0n) is 15.8. The van der Waals surface area contributed by atoms with Crippen molar-refractivity contribution in [3.63, 3.8) is 0 Å². The predicted octanol–water partition coefficient (Wildman–Crippen LogP) is 3.91. The fourth-order valence-corrected chi connectivity index (χ4v) is 3.38. The van der Waals surface area contributed by atoms with Crippen molar-refractivity contribution in [2.75, 3.05) is 11.6 Å². The highest BCUT2D eigenvalue weighted by Crippen LogP contribution is 2.24. The van der Waals surface area contributed by atoms with E-state index in [9.17, 15) is 4.39 Å². The third kappa shape index (κ3) is 3.33. The molecule has 0 saturated carbocycles. The molecule has 0 saturated heterocycles. The molecule has 7 nitrogen and oxygen atoms in total. The molecule has 144 valence electrons. The summed E-state index contributed by atoms with van der Waals surface area (Å²) >= 11 is 1.47. The van der Waals surface area contributed by atoms with E-state index in [1.54, 1.807) is 29.0 Å². The van der Waals surface area contributed by atoms with Crippen LogP contribution in [0, 0.1) is 5.82 Å². The number of benzene rings is 1. The van der Waals surface area contributed by atoms with E-state index in [4.69, 9.17) is 0 Å². The fraction of sp³-hybridized carbons (Fsp3) is 0.263. The van der Waals surface area contributed by atoms with Crippen molar-refractivity contribution in [2.24, 2.45) is 0 Å². The van der Waals surface area contributed by atoms with Gasteiger partial charge in [-0.3, -0.25) is 0 Å². The van der Waals surface area contributed by atoms with Crippen molar-refractivity contribution < 1.29 is 4.39 Å². The van der Waals surface area contributed by atoms with Gasteiger partial charge in [-0.1, -0.05) is 37.7 Å². The van der Waals surface area contributed by atoms with Gasteiger partial charge in [-0.2, -0.15) is 19.7 Å². The van der Waals surface area contributed by atoms with Crippen molar-refractivity contribution in [2.45, 2.75) is 31.5 Å². The van der Waals surface area contributed by atoms with E-state index in [0.717, 1.165) is 16.8 Å². The number of anilines is 1. The molecule has 0 aliphatic rings. The summed E-state index contributed by atoms with van der Waals surface area (Å²) in [6.45, 7) is 4.58. The average Bonchev–Trinajstić information content (AvgIpc) is 3.35. The van der Waals surface area contributed by atoms with Crippen molar-refractivity contribution in [3.05, 3.63) is 59.8 Å². The molecule has 0 fully saturated rings. The van der Waals surface area contributed by atoms with Crippen molar-refractivity contribution in [1.29, 1.82) is 0 Å². The summed E-state index contributed by atoms with van der Waals surface area (Å²) in [4.78, 5) is 9.15. The second kappa shape index (κ2) is 7.59. The van der Waals surface area contributed by atoms with E-state index < -0.39 is 0 Å². The molecule has 3 heterocycles. The summed E-state index contributed by atoms with van der Waals surface area (Å²) < 4.78 is 17.7. The molecule has 0 amide bonds. The number of hydrogen-bond acceptors (Lipinski definition) is 6. The van der Waals surface area contributed by atoms with Crippen LogP contribution in [0.3, 0.4) is 0 Å². The van der Waals surface area contributed by atoms with E-state index in [-0.39, 0.29) is 5.82 Å². The molecular weight excluding hydrogens is 377 g/mol. The summed E-state index contributed by atoms with van der Waals surface area (Å²) in [6.07, 6.45) is 7.10. The molecule has 0 unspecified atom stereocenters. The van der Waals surface area contributed by atoms with Gasteiger partial charge in [0, 0.05) is 24.5 Å². The first-order valence-corrected chi connectivity index (χ1v) is 10.1. The molecule has 0 aliphatic heterocycles. The fourth-order valence-electron chi connectivity index (χ4n) is 3.02. The van der Waals surface area contributed by atoms with Crippen molar-refractivity contribution >= 4 is 23.4 Å². The number of hydrogen-bond donors (Lipinski definition) is 1. The van der Waals surface area contributed by atoms with Gasteiger partial charge in [0.15, 0.2) is 10.8 Å². The molecule has 0 spiro atoms. The van der Waals surface area contributed by atoms with Crippen molar-refractivity contribution in [1.82, 2.24) is 29.4 Å². The normalized spacial score (nSPS) is 11.5. The van der Waals surface area contributed by atoms with Gasteiger partial charge in [0.2, 0.25) is 5.95 Å². The maximum Gasteiger partial charge on any atom is 0.228 e. The molecule has 0 radical (unpaired) electrons. The van der Waals surface area contributed by atoms with Gasteiger partial charge in [-0.05, 0) is 29.9 Å². The second-order valence-corrected chi connectivity index (χ2v) is 7.35. The van der Waals surface area contributed by atoms with Crippen LogP contribution in [-0.2, 0) is 6.54 Å². The maximum absolute atomic E-state index is 14.5. The van der Waals surface area contributed by atoms with Gasteiger partial charge in [0.05, 0.1) is 6.20 Å². The van der Waals surface area contributed by atoms with Crippen LogP contribution >= 0.6 is 11.8 Å². The van der Waals surface area contributed by atoms with E-state index in [1.807, 2.05) is 18.5 Å². The Morgan fingerprint density at radius 2 is 2.04 bits per heavy atom. The second-order valence-electron chi connectivity index (χ2n) is 6.58. The summed E-state index contributed by atoms with van der Waals surface area (Å²) in [7, 11) is 0. The standard InChI is InChI=1S/C19H20FN7S/c1-12(2)14-11-23-27-17(14)24-19(28-3)25-18(27)21-10-13-6-4-7-15(20)16(13)26-9-5-8-22-26/h4-9,11-12H,10H2,1-3H3,(H,21,24,25). The number of thioether (sulfide) groups is 1. The molecule has 1 aromatic carbocycles. The first kappa shape index (κ1) is 18.4. The van der Waals surface area contributed by atoms with Gasteiger partial charge < -0.3 is 5.32 Å². The lowest BCUT2D eigenvalue weighted by atomic mass is 10.1. The predicted molar refractivity (Wildman–Crippen MR) is 108 cm³/mol. The van der Waals surface area contributed by atoms with E-state index in [0.29, 0.717) is 29.3 Å². The Morgan fingerprint density at radius 3 is 2.75 bits per heavy atom. The first-order valence-electron chi connectivity index (χ1n) is 8.89. The van der Waals surface area contributed by atoms with Crippen LogP contribution in [0.1, 0.15) is 30.9 Å². The molecule has 0 bridgehead atoms. The molecule has 4 aromatic rings. The Balaban J connectivity index is 1.72. The summed E-state index contributed by atoms with van der Waals surface area (Å²) in [5.74, 6) is 0.531. The number of nitrogens with one attached hydrogen (secondary N) is 1. The zero-order valence-corrected chi connectivity index (χ0v) is 16.6. The van der Waals surface area contributed by atoms with Gasteiger partial charge in [-0.15, -0.1) is 0 Å². The van der Waals surface area contributed by atoms with Crippen LogP contribution in [-0.4, -0.2) is 35.6 Å². The van der Waals surface area contributed by atoms with E-state index in [2.05, 4.69) is 39.3 Å². The van der Waals surface area contributed by atoms with Crippen LogP contribution in [0.5, 0.6) is 0 Å². The molecule has 1 N–H and O–H groups in total. The lowest BCUT2D eigenvalue weighted by molar-refractivity contribution is 0.607. The number of aromatic nitrogens is 6. The minimum atomic E-state index is -0.332. The van der Waals surface area contributed by atoms with Crippen molar-refractivity contribution in [3.8, 4) is 5.69 Å². The Hall–Kier alpha value is -2.94. The zero-order chi connectivity index (χ0) is 19.7. The smallest absolute Gasteiger partial charge is 0.228 e.